The Balaban J connectivity index is 1.31. The van der Waals surface area contributed by atoms with Crippen molar-refractivity contribution in [3.05, 3.63) is 100 Å². The lowest BCUT2D eigenvalue weighted by Gasteiger charge is -2.17. The van der Waals surface area contributed by atoms with Crippen LogP contribution < -0.4 is 0 Å². The molecule has 0 amide bonds. The van der Waals surface area contributed by atoms with Crippen LogP contribution in [0.4, 0.5) is 0 Å². The Morgan fingerprint density at radius 1 is 1.00 bits per heavy atom. The molecule has 4 heteroatoms. The van der Waals surface area contributed by atoms with Crippen molar-refractivity contribution in [3.63, 3.8) is 0 Å². The van der Waals surface area contributed by atoms with Gasteiger partial charge in [-0.15, -0.1) is 0 Å². The molecule has 33 heavy (non-hydrogen) atoms. The van der Waals surface area contributed by atoms with Crippen LogP contribution in [0.2, 0.25) is 0 Å². The van der Waals surface area contributed by atoms with Crippen LogP contribution in [-0.2, 0) is 35.2 Å². The Kier molecular flexibility index (Phi) is 6.25. The second-order valence-corrected chi connectivity index (χ2v) is 8.94. The van der Waals surface area contributed by atoms with Gasteiger partial charge in [0.25, 0.3) is 0 Å². The molecule has 0 bridgehead atoms. The monoisotopic (exact) mass is 438 g/mol. The summed E-state index contributed by atoms with van der Waals surface area (Å²) in [6.07, 6.45) is 5.26. The van der Waals surface area contributed by atoms with Crippen molar-refractivity contribution in [2.45, 2.75) is 51.4 Å². The zero-order valence-corrected chi connectivity index (χ0v) is 19.1. The number of H-pyrrole nitrogens is 1. The summed E-state index contributed by atoms with van der Waals surface area (Å²) in [6.45, 7) is 2.30. The molecular formula is C29H30N2O2. The molecule has 3 aromatic carbocycles. The van der Waals surface area contributed by atoms with Crippen LogP contribution in [0.15, 0.2) is 66.7 Å². The van der Waals surface area contributed by atoms with Gasteiger partial charge in [-0.1, -0.05) is 54.6 Å². The van der Waals surface area contributed by atoms with E-state index in [1.807, 2.05) is 19.1 Å². The van der Waals surface area contributed by atoms with Crippen LogP contribution in [0.3, 0.4) is 0 Å². The highest BCUT2D eigenvalue weighted by Gasteiger charge is 2.24. The molecule has 0 fully saturated rings. The molecule has 0 spiro atoms. The van der Waals surface area contributed by atoms with Crippen molar-refractivity contribution in [3.8, 4) is 0 Å². The van der Waals surface area contributed by atoms with Gasteiger partial charge in [-0.05, 0) is 78.5 Å². The van der Waals surface area contributed by atoms with Crippen LogP contribution in [0.25, 0.3) is 11.0 Å². The molecule has 0 saturated carbocycles. The van der Waals surface area contributed by atoms with Crippen LogP contribution >= 0.6 is 0 Å². The van der Waals surface area contributed by atoms with E-state index in [4.69, 9.17) is 9.72 Å². The van der Waals surface area contributed by atoms with E-state index in [0.29, 0.717) is 13.0 Å². The molecule has 1 aliphatic rings. The minimum atomic E-state index is -0.108. The molecule has 168 valence electrons. The Morgan fingerprint density at radius 3 is 2.73 bits per heavy atom. The summed E-state index contributed by atoms with van der Waals surface area (Å²) in [6, 6.07) is 23.7. The summed E-state index contributed by atoms with van der Waals surface area (Å²) in [5, 5.41) is 0. The van der Waals surface area contributed by atoms with Crippen molar-refractivity contribution in [2.75, 3.05) is 6.61 Å². The number of aryl methyl sites for hydroxylation is 2. The molecule has 5 rings (SSSR count). The summed E-state index contributed by atoms with van der Waals surface area (Å²) in [7, 11) is 0. The van der Waals surface area contributed by atoms with Crippen molar-refractivity contribution in [1.82, 2.24) is 9.97 Å². The number of carbonyl (C=O) groups excluding carboxylic acids is 1. The highest BCUT2D eigenvalue weighted by molar-refractivity contribution is 5.74. The number of rotatable bonds is 7. The highest BCUT2D eigenvalue weighted by atomic mass is 16.5. The van der Waals surface area contributed by atoms with E-state index in [0.717, 1.165) is 49.0 Å². The summed E-state index contributed by atoms with van der Waals surface area (Å²) >= 11 is 0. The molecule has 1 unspecified atom stereocenters. The molecule has 1 atom stereocenters. The number of aromatic amines is 1. The quantitative estimate of drug-likeness (QED) is 0.364. The largest absolute Gasteiger partial charge is 0.466 e. The van der Waals surface area contributed by atoms with Gasteiger partial charge >= 0.3 is 5.97 Å². The number of carbonyl (C=O) groups is 1. The first-order chi connectivity index (χ1) is 16.2. The van der Waals surface area contributed by atoms with Gasteiger partial charge in [-0.25, -0.2) is 4.98 Å². The van der Waals surface area contributed by atoms with E-state index in [1.54, 1.807) is 0 Å². The number of ether oxygens (including phenoxy) is 1. The van der Waals surface area contributed by atoms with Gasteiger partial charge in [0.05, 0.1) is 24.1 Å². The third-order valence-corrected chi connectivity index (χ3v) is 6.65. The van der Waals surface area contributed by atoms with Gasteiger partial charge in [0.15, 0.2) is 0 Å². The smallest absolute Gasteiger partial charge is 0.306 e. The predicted octanol–water partition coefficient (Wildman–Crippen LogP) is 5.92. The van der Waals surface area contributed by atoms with E-state index in [2.05, 4.69) is 59.6 Å². The molecule has 4 aromatic rings. The lowest BCUT2D eigenvalue weighted by molar-refractivity contribution is -0.143. The molecule has 4 nitrogen and oxygen atoms in total. The number of fused-ring (bicyclic) bond motifs is 3. The van der Waals surface area contributed by atoms with Crippen LogP contribution in [0.5, 0.6) is 0 Å². The maximum absolute atomic E-state index is 12.3. The second kappa shape index (κ2) is 9.62. The zero-order valence-electron chi connectivity index (χ0n) is 19.1. The fourth-order valence-corrected chi connectivity index (χ4v) is 5.06. The molecule has 0 radical (unpaired) electrons. The lowest BCUT2D eigenvalue weighted by Crippen LogP contribution is -2.13. The number of hydrogen-bond acceptors (Lipinski definition) is 3. The maximum Gasteiger partial charge on any atom is 0.306 e. The Morgan fingerprint density at radius 2 is 1.85 bits per heavy atom. The van der Waals surface area contributed by atoms with Crippen LogP contribution in [0, 0.1) is 0 Å². The van der Waals surface area contributed by atoms with Gasteiger partial charge in [0.1, 0.15) is 5.82 Å². The molecule has 0 saturated heterocycles. The summed E-state index contributed by atoms with van der Waals surface area (Å²) in [5.74, 6) is 1.12. The first-order valence-electron chi connectivity index (χ1n) is 12.0. The molecule has 1 N–H and O–H groups in total. The minimum Gasteiger partial charge on any atom is -0.466 e. The van der Waals surface area contributed by atoms with Gasteiger partial charge in [0.2, 0.25) is 0 Å². The summed E-state index contributed by atoms with van der Waals surface area (Å²) in [4.78, 5) is 20.4. The average Bonchev–Trinajstić information content (AvgIpc) is 3.16. The van der Waals surface area contributed by atoms with Crippen molar-refractivity contribution >= 4 is 17.0 Å². The molecule has 1 heterocycles. The van der Waals surface area contributed by atoms with Crippen LogP contribution in [-0.4, -0.2) is 22.5 Å². The molecule has 1 aromatic heterocycles. The number of hydrogen-bond donors (Lipinski definition) is 1. The van der Waals surface area contributed by atoms with Gasteiger partial charge in [-0.2, -0.15) is 0 Å². The molecular weight excluding hydrogens is 408 g/mol. The number of benzene rings is 3. The van der Waals surface area contributed by atoms with Crippen molar-refractivity contribution < 1.29 is 9.53 Å². The fourth-order valence-electron chi connectivity index (χ4n) is 5.06. The fraction of sp³-hybridized carbons (Fsp3) is 0.310. The van der Waals surface area contributed by atoms with E-state index >= 15 is 0 Å². The van der Waals surface area contributed by atoms with Crippen LogP contribution in [0.1, 0.15) is 59.3 Å². The van der Waals surface area contributed by atoms with E-state index in [9.17, 15) is 4.79 Å². The zero-order chi connectivity index (χ0) is 22.6. The molecule has 1 aliphatic carbocycles. The summed E-state index contributed by atoms with van der Waals surface area (Å²) < 4.78 is 5.26. The number of aromatic nitrogens is 2. The van der Waals surface area contributed by atoms with Gasteiger partial charge in [-0.3, -0.25) is 4.79 Å². The minimum absolute atomic E-state index is 0.108. The third-order valence-electron chi connectivity index (χ3n) is 6.65. The van der Waals surface area contributed by atoms with E-state index < -0.39 is 0 Å². The standard InChI is InChI=1S/C29H30N2O2/c1-2-33-29(32)19-24-17-21-15-14-20(16-23(21)18-22-9-3-4-10-25(22)24)8-7-13-28-30-26-11-5-6-12-27(26)31-28/h3-6,9-12,14-16,24H,2,7-8,13,17-19H2,1H3,(H,30,31). The Hall–Kier alpha value is -3.40. The van der Waals surface area contributed by atoms with Gasteiger partial charge < -0.3 is 9.72 Å². The SMILES string of the molecule is CCOC(=O)CC1Cc2ccc(CCCc3nc4ccccc4[nH]3)cc2Cc2ccccc21. The third kappa shape index (κ3) is 4.85. The number of nitrogens with one attached hydrogen (secondary N) is 1. The Labute approximate surface area is 195 Å². The van der Waals surface area contributed by atoms with E-state index in [-0.39, 0.29) is 11.9 Å². The maximum atomic E-state index is 12.3. The first kappa shape index (κ1) is 21.4. The highest BCUT2D eigenvalue weighted by Crippen LogP contribution is 2.34. The number of para-hydroxylation sites is 2. The van der Waals surface area contributed by atoms with Crippen molar-refractivity contribution in [1.29, 1.82) is 0 Å². The first-order valence-corrected chi connectivity index (χ1v) is 12.0. The number of nitrogens with zero attached hydrogens (tertiary/aromatic N) is 1. The summed E-state index contributed by atoms with van der Waals surface area (Å²) in [5.41, 5.74) is 8.85. The van der Waals surface area contributed by atoms with E-state index in [1.165, 1.54) is 27.8 Å². The Bertz CT molecular complexity index is 1240. The molecule has 0 aliphatic heterocycles. The van der Waals surface area contributed by atoms with Crippen molar-refractivity contribution in [2.24, 2.45) is 0 Å². The van der Waals surface area contributed by atoms with Gasteiger partial charge in [0, 0.05) is 6.42 Å². The number of esters is 1. The normalized spacial score (nSPS) is 15.0. The number of imidazole rings is 1. The lowest BCUT2D eigenvalue weighted by atomic mass is 9.88. The average molecular weight is 439 g/mol. The second-order valence-electron chi connectivity index (χ2n) is 8.94. The predicted molar refractivity (Wildman–Crippen MR) is 132 cm³/mol. The topological polar surface area (TPSA) is 55.0 Å².